The maximum Gasteiger partial charge on any atom is 0.133 e. The summed E-state index contributed by atoms with van der Waals surface area (Å²) in [7, 11) is 1.69. The van der Waals surface area contributed by atoms with Crippen LogP contribution in [-0.4, -0.2) is 55.4 Å². The lowest BCUT2D eigenvalue weighted by Crippen LogP contribution is -2.50. The van der Waals surface area contributed by atoms with E-state index < -0.39 is 5.60 Å². The van der Waals surface area contributed by atoms with E-state index in [-0.39, 0.29) is 5.92 Å². The molecule has 0 aromatic heterocycles. The van der Waals surface area contributed by atoms with Crippen LogP contribution in [-0.2, 0) is 0 Å². The molecule has 0 bridgehead atoms. The lowest BCUT2D eigenvalue weighted by Gasteiger charge is -2.46. The molecule has 3 rings (SSSR count). The quantitative estimate of drug-likeness (QED) is 0.693. The molecule has 1 aromatic carbocycles. The smallest absolute Gasteiger partial charge is 0.133 e. The molecule has 0 amide bonds. The number of piperazine rings is 1. The molecule has 1 aromatic rings. The third kappa shape index (κ3) is 5.10. The summed E-state index contributed by atoms with van der Waals surface area (Å²) in [4.78, 5) is 2.51. The second kappa shape index (κ2) is 9.03. The molecule has 2 aliphatic rings. The summed E-state index contributed by atoms with van der Waals surface area (Å²) in [5, 5.41) is 15.3. The van der Waals surface area contributed by atoms with Crippen molar-refractivity contribution in [3.63, 3.8) is 0 Å². The maximum atomic E-state index is 11.8. The Balaban J connectivity index is 1.84. The van der Waals surface area contributed by atoms with Gasteiger partial charge in [0.2, 0.25) is 0 Å². The number of rotatable bonds is 5. The lowest BCUT2D eigenvalue weighted by molar-refractivity contribution is -0.0538. The largest absolute Gasteiger partial charge is 0.496 e. The minimum atomic E-state index is -0.638. The Morgan fingerprint density at radius 2 is 1.89 bits per heavy atom. The Labute approximate surface area is 179 Å². The molecule has 5 heteroatoms. The molecule has 1 saturated carbocycles. The number of aliphatic hydroxyl groups is 1. The van der Waals surface area contributed by atoms with E-state index in [2.05, 4.69) is 59.1 Å². The monoisotopic (exact) mass is 452 g/mol. The van der Waals surface area contributed by atoms with Crippen LogP contribution in [0.1, 0.15) is 57.9 Å². The van der Waals surface area contributed by atoms with Crippen molar-refractivity contribution < 1.29 is 9.84 Å². The van der Waals surface area contributed by atoms with Gasteiger partial charge in [-0.05, 0) is 70.6 Å². The van der Waals surface area contributed by atoms with E-state index in [1.165, 1.54) is 5.56 Å². The van der Waals surface area contributed by atoms with Crippen molar-refractivity contribution in [1.82, 2.24) is 10.2 Å². The van der Waals surface area contributed by atoms with Gasteiger partial charge in [0, 0.05) is 38.6 Å². The summed E-state index contributed by atoms with van der Waals surface area (Å²) in [6.07, 6.45) is 3.98. The zero-order chi connectivity index (χ0) is 20.4. The van der Waals surface area contributed by atoms with Crippen molar-refractivity contribution in [1.29, 1.82) is 0 Å². The first-order valence-corrected chi connectivity index (χ1v) is 11.5. The van der Waals surface area contributed by atoms with Crippen molar-refractivity contribution in [2.24, 2.45) is 11.3 Å². The molecule has 1 unspecified atom stereocenters. The van der Waals surface area contributed by atoms with Crippen LogP contribution in [0.25, 0.3) is 0 Å². The van der Waals surface area contributed by atoms with Gasteiger partial charge in [-0.3, -0.25) is 0 Å². The third-order valence-electron chi connectivity index (χ3n) is 6.95. The van der Waals surface area contributed by atoms with Crippen molar-refractivity contribution >= 4 is 15.9 Å². The van der Waals surface area contributed by atoms with E-state index in [1.54, 1.807) is 7.11 Å². The molecule has 1 aliphatic carbocycles. The van der Waals surface area contributed by atoms with Gasteiger partial charge in [-0.1, -0.05) is 26.8 Å². The van der Waals surface area contributed by atoms with Crippen LogP contribution in [0.5, 0.6) is 5.75 Å². The predicted molar refractivity (Wildman–Crippen MR) is 119 cm³/mol. The number of halogens is 1. The fourth-order valence-corrected chi connectivity index (χ4v) is 5.53. The molecule has 158 valence electrons. The van der Waals surface area contributed by atoms with Crippen LogP contribution in [0.15, 0.2) is 22.7 Å². The van der Waals surface area contributed by atoms with E-state index in [9.17, 15) is 5.11 Å². The van der Waals surface area contributed by atoms with Crippen molar-refractivity contribution in [3.05, 3.63) is 28.2 Å². The second-order valence-corrected chi connectivity index (χ2v) is 10.6. The van der Waals surface area contributed by atoms with Gasteiger partial charge in [0.25, 0.3) is 0 Å². The third-order valence-corrected chi connectivity index (χ3v) is 7.57. The van der Waals surface area contributed by atoms with Gasteiger partial charge in [0.15, 0.2) is 0 Å². The fourth-order valence-electron chi connectivity index (χ4n) is 4.97. The Kier molecular flexibility index (Phi) is 7.12. The van der Waals surface area contributed by atoms with E-state index in [4.69, 9.17) is 4.74 Å². The Hall–Kier alpha value is -0.620. The summed E-state index contributed by atoms with van der Waals surface area (Å²) in [6, 6.07) is 6.32. The van der Waals surface area contributed by atoms with Gasteiger partial charge >= 0.3 is 0 Å². The van der Waals surface area contributed by atoms with E-state index in [0.29, 0.717) is 11.3 Å². The van der Waals surface area contributed by atoms with E-state index in [1.807, 2.05) is 6.07 Å². The zero-order valence-corrected chi connectivity index (χ0v) is 19.5. The molecular formula is C23H37BrN2O2. The minimum absolute atomic E-state index is 0.119. The SMILES string of the molecule is COc1ccc(C(CN2CCNCC2)C2(O)CCC(C(C)(C)C)CC2)cc1Br. The van der Waals surface area contributed by atoms with Crippen molar-refractivity contribution in [2.45, 2.75) is 58.0 Å². The Morgan fingerprint density at radius 1 is 1.25 bits per heavy atom. The predicted octanol–water partition coefficient (Wildman–Crippen LogP) is 4.41. The van der Waals surface area contributed by atoms with Crippen molar-refractivity contribution in [2.75, 3.05) is 39.8 Å². The summed E-state index contributed by atoms with van der Waals surface area (Å²) >= 11 is 3.65. The first-order chi connectivity index (χ1) is 13.2. The van der Waals surface area contributed by atoms with Crippen LogP contribution >= 0.6 is 15.9 Å². The summed E-state index contributed by atoms with van der Waals surface area (Å²) < 4.78 is 6.39. The van der Waals surface area contributed by atoms with Gasteiger partial charge in [0.1, 0.15) is 5.75 Å². The highest BCUT2D eigenvalue weighted by Crippen LogP contribution is 2.47. The van der Waals surface area contributed by atoms with Gasteiger partial charge < -0.3 is 20.1 Å². The topological polar surface area (TPSA) is 44.7 Å². The van der Waals surface area contributed by atoms with Crippen LogP contribution in [0.4, 0.5) is 0 Å². The van der Waals surface area contributed by atoms with E-state index >= 15 is 0 Å². The molecule has 1 saturated heterocycles. The van der Waals surface area contributed by atoms with Crippen molar-refractivity contribution in [3.8, 4) is 5.75 Å². The summed E-state index contributed by atoms with van der Waals surface area (Å²) in [6.45, 7) is 12.1. The molecular weight excluding hydrogens is 416 g/mol. The number of hydrogen-bond donors (Lipinski definition) is 2. The highest BCUT2D eigenvalue weighted by molar-refractivity contribution is 9.10. The lowest BCUT2D eigenvalue weighted by atomic mass is 9.64. The molecule has 2 fully saturated rings. The molecule has 28 heavy (non-hydrogen) atoms. The molecule has 0 radical (unpaired) electrons. The van der Waals surface area contributed by atoms with E-state index in [0.717, 1.165) is 68.6 Å². The highest BCUT2D eigenvalue weighted by Gasteiger charge is 2.43. The Morgan fingerprint density at radius 3 is 2.43 bits per heavy atom. The normalized spacial score (nSPS) is 28.1. The average Bonchev–Trinajstić information content (AvgIpc) is 2.66. The minimum Gasteiger partial charge on any atom is -0.496 e. The number of ether oxygens (including phenoxy) is 1. The van der Waals surface area contributed by atoms with Gasteiger partial charge in [-0.15, -0.1) is 0 Å². The van der Waals surface area contributed by atoms with Crippen LogP contribution in [0.2, 0.25) is 0 Å². The highest BCUT2D eigenvalue weighted by atomic mass is 79.9. The van der Waals surface area contributed by atoms with Gasteiger partial charge in [-0.2, -0.15) is 0 Å². The number of hydrogen-bond acceptors (Lipinski definition) is 4. The molecule has 1 atom stereocenters. The molecule has 4 nitrogen and oxygen atoms in total. The summed E-state index contributed by atoms with van der Waals surface area (Å²) in [5.41, 5.74) is 0.891. The standard InChI is InChI=1S/C23H37BrN2O2/c1-22(2,3)18-7-9-23(27,10-8-18)19(16-26-13-11-25-12-14-26)17-5-6-21(28-4)20(24)15-17/h5-6,15,18-19,25,27H,7-14,16H2,1-4H3. The van der Waals surface area contributed by atoms with Gasteiger partial charge in [0.05, 0.1) is 17.2 Å². The number of nitrogens with zero attached hydrogens (tertiary/aromatic N) is 1. The molecule has 1 heterocycles. The van der Waals surface area contributed by atoms with Crippen LogP contribution in [0.3, 0.4) is 0 Å². The van der Waals surface area contributed by atoms with Gasteiger partial charge in [-0.25, -0.2) is 0 Å². The molecule has 0 spiro atoms. The number of benzene rings is 1. The van der Waals surface area contributed by atoms with Crippen LogP contribution in [0, 0.1) is 11.3 Å². The number of methoxy groups -OCH3 is 1. The fraction of sp³-hybridized carbons (Fsp3) is 0.739. The molecule has 2 N–H and O–H groups in total. The molecule has 1 aliphatic heterocycles. The van der Waals surface area contributed by atoms with Crippen LogP contribution < -0.4 is 10.1 Å². The number of nitrogens with one attached hydrogen (secondary N) is 1. The first kappa shape index (κ1) is 22.1. The maximum absolute atomic E-state index is 11.8. The zero-order valence-electron chi connectivity index (χ0n) is 17.9. The summed E-state index contributed by atoms with van der Waals surface area (Å²) in [5.74, 6) is 1.65. The average molecular weight is 453 g/mol. The Bertz CT molecular complexity index is 644. The first-order valence-electron chi connectivity index (χ1n) is 10.7. The second-order valence-electron chi connectivity index (χ2n) is 9.74.